The van der Waals surface area contributed by atoms with Crippen LogP contribution in [0.3, 0.4) is 0 Å². The van der Waals surface area contributed by atoms with Crippen molar-refractivity contribution in [2.45, 2.75) is 27.2 Å². The van der Waals surface area contributed by atoms with Crippen LogP contribution in [0.25, 0.3) is 15.9 Å². The van der Waals surface area contributed by atoms with Crippen molar-refractivity contribution in [1.29, 1.82) is 0 Å². The van der Waals surface area contributed by atoms with Crippen molar-refractivity contribution in [3.05, 3.63) is 93.3 Å². The monoisotopic (exact) mass is 469 g/mol. The van der Waals surface area contributed by atoms with E-state index in [1.54, 1.807) is 18.2 Å². The molecule has 8 heteroatoms. The van der Waals surface area contributed by atoms with Gasteiger partial charge in [-0.2, -0.15) is 4.52 Å². The predicted octanol–water partition coefficient (Wildman–Crippen LogP) is 5.48. The summed E-state index contributed by atoms with van der Waals surface area (Å²) in [7, 11) is 0. The molecule has 0 atom stereocenters. The van der Waals surface area contributed by atoms with Crippen molar-refractivity contribution in [1.82, 2.24) is 14.6 Å². The molecule has 0 aliphatic rings. The summed E-state index contributed by atoms with van der Waals surface area (Å²) < 4.78 is 1.30. The molecule has 2 aromatic heterocycles. The van der Waals surface area contributed by atoms with Crippen molar-refractivity contribution in [3.63, 3.8) is 0 Å². The van der Waals surface area contributed by atoms with Crippen molar-refractivity contribution in [2.75, 3.05) is 10.6 Å². The molecule has 2 N–H and O–H groups in total. The molecule has 0 fully saturated rings. The van der Waals surface area contributed by atoms with Crippen LogP contribution >= 0.6 is 11.3 Å². The highest BCUT2D eigenvalue weighted by molar-refractivity contribution is 7.20. The lowest BCUT2D eigenvalue weighted by atomic mass is 10.1. The van der Waals surface area contributed by atoms with Crippen molar-refractivity contribution >= 4 is 49.6 Å². The van der Waals surface area contributed by atoms with E-state index in [4.69, 9.17) is 0 Å². The van der Waals surface area contributed by atoms with Gasteiger partial charge in [0.05, 0.1) is 10.9 Å². The number of carbonyl (C=O) groups excluding carboxylic acids is 1. The number of aryl methyl sites for hydroxylation is 3. The van der Waals surface area contributed by atoms with Crippen LogP contribution in [-0.2, 0) is 6.42 Å². The van der Waals surface area contributed by atoms with Gasteiger partial charge in [0.25, 0.3) is 11.5 Å². The summed E-state index contributed by atoms with van der Waals surface area (Å²) in [6, 6.07) is 18.8. The normalized spacial score (nSPS) is 11.1. The Balaban J connectivity index is 1.48. The molecule has 0 aliphatic carbocycles. The predicted molar refractivity (Wildman–Crippen MR) is 138 cm³/mol. The molecule has 0 spiro atoms. The number of nitrogens with one attached hydrogen (secondary N) is 2. The van der Waals surface area contributed by atoms with E-state index in [9.17, 15) is 9.59 Å². The summed E-state index contributed by atoms with van der Waals surface area (Å²) in [6.07, 6.45) is 0.888. The molecule has 5 rings (SSSR count). The number of fused-ring (bicyclic) bond motifs is 2. The molecule has 7 nitrogen and oxygen atoms in total. The van der Waals surface area contributed by atoms with E-state index in [0.29, 0.717) is 26.6 Å². The van der Waals surface area contributed by atoms with E-state index in [2.05, 4.69) is 27.6 Å². The van der Waals surface area contributed by atoms with Crippen LogP contribution in [0.5, 0.6) is 0 Å². The number of aromatic nitrogens is 3. The largest absolute Gasteiger partial charge is 0.330 e. The third-order valence-electron chi connectivity index (χ3n) is 5.69. The van der Waals surface area contributed by atoms with Crippen molar-refractivity contribution in [3.8, 4) is 0 Å². The second kappa shape index (κ2) is 8.72. The Morgan fingerprint density at radius 1 is 1.06 bits per heavy atom. The molecule has 0 saturated carbocycles. The minimum absolute atomic E-state index is 0.251. The molecule has 170 valence electrons. The van der Waals surface area contributed by atoms with Crippen molar-refractivity contribution in [2.24, 2.45) is 0 Å². The summed E-state index contributed by atoms with van der Waals surface area (Å²) in [5.74, 6) is -0.251. The van der Waals surface area contributed by atoms with Crippen LogP contribution in [0.1, 0.15) is 34.0 Å². The first-order valence-electron chi connectivity index (χ1n) is 11.0. The van der Waals surface area contributed by atoms with Crippen LogP contribution < -0.4 is 16.2 Å². The maximum absolute atomic E-state index is 13.1. The number of benzene rings is 3. The fourth-order valence-corrected chi connectivity index (χ4v) is 4.57. The average molecular weight is 470 g/mol. The zero-order valence-corrected chi connectivity index (χ0v) is 19.9. The molecule has 3 aromatic carbocycles. The number of rotatable bonds is 5. The Kier molecular flexibility index (Phi) is 5.59. The number of anilines is 3. The highest BCUT2D eigenvalue weighted by Crippen LogP contribution is 2.26. The summed E-state index contributed by atoms with van der Waals surface area (Å²) in [5, 5.41) is 11.6. The third kappa shape index (κ3) is 4.15. The van der Waals surface area contributed by atoms with Gasteiger partial charge in [0.2, 0.25) is 10.1 Å². The van der Waals surface area contributed by atoms with Gasteiger partial charge in [-0.3, -0.25) is 9.59 Å². The Morgan fingerprint density at radius 3 is 2.74 bits per heavy atom. The smallest absolute Gasteiger partial charge is 0.283 e. The molecular weight excluding hydrogens is 446 g/mol. The topological polar surface area (TPSA) is 88.4 Å². The fourth-order valence-electron chi connectivity index (χ4n) is 3.76. The first-order valence-corrected chi connectivity index (χ1v) is 11.8. The molecule has 0 bridgehead atoms. The van der Waals surface area contributed by atoms with E-state index in [1.807, 2.05) is 56.3 Å². The van der Waals surface area contributed by atoms with Gasteiger partial charge < -0.3 is 10.6 Å². The zero-order chi connectivity index (χ0) is 23.8. The standard InChI is InChI=1S/C26H23N5O2S/c1-4-17-6-5-7-19(13-17)27-23(32)18-10-11-20-22(14-18)29-26-31(24(20)33)30-25(34-26)28-21-12-15(2)8-9-16(21)3/h5-14H,4H2,1-3H3,(H,27,32)(H,28,30). The lowest BCUT2D eigenvalue weighted by molar-refractivity contribution is 0.102. The maximum Gasteiger partial charge on any atom is 0.283 e. The third-order valence-corrected chi connectivity index (χ3v) is 6.51. The number of carbonyl (C=O) groups is 1. The first kappa shape index (κ1) is 21.8. The molecule has 0 radical (unpaired) electrons. The molecule has 34 heavy (non-hydrogen) atoms. The maximum atomic E-state index is 13.1. The summed E-state index contributed by atoms with van der Waals surface area (Å²) >= 11 is 1.29. The highest BCUT2D eigenvalue weighted by Gasteiger charge is 2.14. The molecule has 0 saturated heterocycles. The Bertz CT molecular complexity index is 1620. The Labute approximate surface area is 200 Å². The fraction of sp³-hybridized carbons (Fsp3) is 0.154. The SMILES string of the molecule is CCc1cccc(NC(=O)c2ccc3c(=O)n4nc(Nc5cc(C)ccc5C)sc4nc3c2)c1. The summed E-state index contributed by atoms with van der Waals surface area (Å²) in [4.78, 5) is 31.0. The molecule has 2 heterocycles. The van der Waals surface area contributed by atoms with E-state index >= 15 is 0 Å². The Hall–Kier alpha value is -4.04. The molecular formula is C26H23N5O2S. The van der Waals surface area contributed by atoms with Gasteiger partial charge >= 0.3 is 0 Å². The highest BCUT2D eigenvalue weighted by atomic mass is 32.1. The first-order chi connectivity index (χ1) is 16.4. The van der Waals surface area contributed by atoms with Gasteiger partial charge in [0, 0.05) is 16.9 Å². The molecule has 0 unspecified atom stereocenters. The second-order valence-corrected chi connectivity index (χ2v) is 9.16. The number of hydrogen-bond acceptors (Lipinski definition) is 6. The number of nitrogens with zero attached hydrogens (tertiary/aromatic N) is 3. The lowest BCUT2D eigenvalue weighted by Crippen LogP contribution is -2.16. The molecule has 5 aromatic rings. The van der Waals surface area contributed by atoms with Gasteiger partial charge in [-0.15, -0.1) is 5.10 Å². The number of amides is 1. The Morgan fingerprint density at radius 2 is 1.91 bits per heavy atom. The average Bonchev–Trinajstić information content (AvgIpc) is 3.24. The lowest BCUT2D eigenvalue weighted by Gasteiger charge is -2.07. The minimum Gasteiger partial charge on any atom is -0.330 e. The van der Waals surface area contributed by atoms with Gasteiger partial charge in [-0.1, -0.05) is 42.5 Å². The molecule has 0 aliphatic heterocycles. The van der Waals surface area contributed by atoms with Crippen LogP contribution in [-0.4, -0.2) is 20.5 Å². The van der Waals surface area contributed by atoms with Gasteiger partial charge in [0.1, 0.15) is 0 Å². The summed E-state index contributed by atoms with van der Waals surface area (Å²) in [6.45, 7) is 6.10. The number of hydrogen-bond donors (Lipinski definition) is 2. The summed E-state index contributed by atoms with van der Waals surface area (Å²) in [5.41, 5.74) is 5.64. The quantitative estimate of drug-likeness (QED) is 0.356. The van der Waals surface area contributed by atoms with E-state index < -0.39 is 0 Å². The minimum atomic E-state index is -0.270. The zero-order valence-electron chi connectivity index (χ0n) is 19.0. The van der Waals surface area contributed by atoms with E-state index in [0.717, 1.165) is 34.5 Å². The van der Waals surface area contributed by atoms with Crippen LogP contribution in [0.2, 0.25) is 0 Å². The van der Waals surface area contributed by atoms with Gasteiger partial charge in [0.15, 0.2) is 0 Å². The van der Waals surface area contributed by atoms with E-state index in [1.165, 1.54) is 15.9 Å². The second-order valence-electron chi connectivity index (χ2n) is 8.20. The van der Waals surface area contributed by atoms with E-state index in [-0.39, 0.29) is 11.5 Å². The van der Waals surface area contributed by atoms with Gasteiger partial charge in [-0.05, 0) is 73.4 Å². The van der Waals surface area contributed by atoms with Crippen molar-refractivity contribution < 1.29 is 4.79 Å². The van der Waals surface area contributed by atoms with Gasteiger partial charge in [-0.25, -0.2) is 4.98 Å². The van der Waals surface area contributed by atoms with Crippen LogP contribution in [0.4, 0.5) is 16.5 Å². The van der Waals surface area contributed by atoms with Crippen LogP contribution in [0, 0.1) is 13.8 Å². The molecule has 1 amide bonds. The van der Waals surface area contributed by atoms with Crippen LogP contribution in [0.15, 0.2) is 65.5 Å².